The molecule has 0 spiro atoms. The molecule has 0 saturated carbocycles. The number of ether oxygens (including phenoxy) is 4. The molecular weight excluding hydrogens is 1100 g/mol. The Labute approximate surface area is 516 Å². The number of hydrogen-bond acceptors (Lipinski definition) is 12. The second-order valence-electron chi connectivity index (χ2n) is 24.2. The normalized spacial score (nSPS) is 14.8. The van der Waals surface area contributed by atoms with Gasteiger partial charge in [0.2, 0.25) is 5.91 Å². The monoisotopic (exact) mass is 1220 g/mol. The Kier molecular flexibility index (Phi) is 49.3. The largest absolute Gasteiger partial charge is 0.472 e. The third kappa shape index (κ3) is 48.6. The summed E-state index contributed by atoms with van der Waals surface area (Å²) in [5.41, 5.74) is 5.19. The maximum atomic E-state index is 12.9. The molecule has 0 aliphatic heterocycles. The van der Waals surface area contributed by atoms with Gasteiger partial charge in [-0.25, -0.2) is 9.36 Å². The average Bonchev–Trinajstić information content (AvgIpc) is 3.57. The molecule has 3 N–H and O–H groups in total. The summed E-state index contributed by atoms with van der Waals surface area (Å²) >= 11 is 0. The lowest BCUT2D eigenvalue weighted by Gasteiger charge is -2.32. The predicted molar refractivity (Wildman–Crippen MR) is 345 cm³/mol. The molecule has 0 aromatic heterocycles. The Morgan fingerprint density at radius 3 is 1.58 bits per heavy atom. The molecule has 85 heavy (non-hydrogen) atoms. The first-order valence-electron chi connectivity index (χ1n) is 33.7. The number of unbranched alkanes of at least 4 members (excludes halogenated alkanes) is 28. The van der Waals surface area contributed by atoms with Gasteiger partial charge in [-0.2, -0.15) is 0 Å². The molecule has 1 aliphatic carbocycles. The minimum atomic E-state index is -4.69. The fourth-order valence-corrected chi connectivity index (χ4v) is 11.1. The van der Waals surface area contributed by atoms with E-state index in [9.17, 15) is 33.4 Å². The quantitative estimate of drug-likeness (QED) is 0.0171. The van der Waals surface area contributed by atoms with Gasteiger partial charge in [0.25, 0.3) is 0 Å². The fourth-order valence-electron chi connectivity index (χ4n) is 10.3. The van der Waals surface area contributed by atoms with Crippen molar-refractivity contribution < 1.29 is 61.4 Å². The summed E-state index contributed by atoms with van der Waals surface area (Å²) in [6.45, 7) is 13.9. The molecule has 15 nitrogen and oxygen atoms in total. The highest BCUT2D eigenvalue weighted by Crippen LogP contribution is 2.43. The van der Waals surface area contributed by atoms with E-state index >= 15 is 0 Å². The Morgan fingerprint density at radius 2 is 1.05 bits per heavy atom. The van der Waals surface area contributed by atoms with Gasteiger partial charge in [0.05, 0.1) is 19.8 Å². The number of phosphoric ester groups is 1. The second kappa shape index (κ2) is 53.0. The summed E-state index contributed by atoms with van der Waals surface area (Å²) in [6, 6.07) is 0. The highest BCUT2D eigenvalue weighted by atomic mass is 31.2. The van der Waals surface area contributed by atoms with Gasteiger partial charge in [-0.1, -0.05) is 255 Å². The van der Waals surface area contributed by atoms with Crippen LogP contribution in [0, 0.1) is 5.41 Å². The number of hydrogen-bond donors (Lipinski definition) is 3. The third-order valence-corrected chi connectivity index (χ3v) is 16.6. The first kappa shape index (κ1) is 79.0. The summed E-state index contributed by atoms with van der Waals surface area (Å²) in [5.74, 6) is -1.68. The lowest BCUT2D eigenvalue weighted by Crippen LogP contribution is -2.32. The number of amides is 2. The van der Waals surface area contributed by atoms with E-state index in [-0.39, 0.29) is 76.3 Å². The molecule has 0 fully saturated rings. The standard InChI is InChI=1S/C69H121N2O13P/c1-8-10-12-14-16-18-20-22-24-26-28-30-32-34-36-45-66(74)81-57-62(84-67(75)46-37-35-33-31-29-27-25-23-21-19-17-15-13-11-9-2)58-83-85(77,78)82-56-53-71-68(76)80-55-52-70-64(72)44-39-47-65(73)79-54-50-60(4)42-38-41-59(3)48-49-63-61(5)43-40-51-69(63,6)7/h38,41-42,48-50,62H,8-37,39-40,43-47,51-58H2,1-7H3,(H,70,72)(H,71,76)(H,77,78)/t62-/m1/s1. The van der Waals surface area contributed by atoms with E-state index in [0.29, 0.717) is 12.8 Å². The van der Waals surface area contributed by atoms with Crippen LogP contribution < -0.4 is 10.6 Å². The number of carbonyl (C=O) groups is 5. The van der Waals surface area contributed by atoms with Crippen molar-refractivity contribution in [3.05, 3.63) is 58.7 Å². The van der Waals surface area contributed by atoms with Crippen LogP contribution >= 0.6 is 7.82 Å². The van der Waals surface area contributed by atoms with Crippen LogP contribution in [-0.4, -0.2) is 87.0 Å². The number of esters is 3. The highest BCUT2D eigenvalue weighted by molar-refractivity contribution is 7.47. The van der Waals surface area contributed by atoms with Gasteiger partial charge in [-0.05, 0) is 76.4 Å². The molecule has 1 rings (SSSR count). The molecule has 16 heteroatoms. The number of allylic oxidation sites excluding steroid dienone is 9. The molecule has 1 unspecified atom stereocenters. The first-order valence-corrected chi connectivity index (χ1v) is 35.2. The molecule has 0 bridgehead atoms. The number of carbonyl (C=O) groups excluding carboxylic acids is 5. The topological polar surface area (TPSA) is 202 Å². The molecule has 0 saturated heterocycles. The van der Waals surface area contributed by atoms with Gasteiger partial charge in [-0.3, -0.25) is 28.2 Å². The Morgan fingerprint density at radius 1 is 0.565 bits per heavy atom. The molecule has 0 aromatic carbocycles. The SMILES string of the molecule is CCCCCCCCCCCCCCCCCC(=O)OC[C@H](COP(=O)(O)OCCNC(=O)OCCNC(=O)CCCC(=O)OCC=C(C)C=CC=C(C)C=CC1=C(C)CCCC1(C)C)OC(=O)CCCCCCCCCCCCCCCCC. The molecule has 2 amide bonds. The summed E-state index contributed by atoms with van der Waals surface area (Å²) in [4.78, 5) is 72.8. The van der Waals surface area contributed by atoms with Crippen LogP contribution in [0.3, 0.4) is 0 Å². The number of phosphoric acid groups is 1. The van der Waals surface area contributed by atoms with E-state index in [4.69, 9.17) is 28.0 Å². The summed E-state index contributed by atoms with van der Waals surface area (Å²) in [7, 11) is -4.69. The van der Waals surface area contributed by atoms with Crippen molar-refractivity contribution in [2.45, 2.75) is 299 Å². The Bertz CT molecular complexity index is 1990. The van der Waals surface area contributed by atoms with Crippen LogP contribution in [0.5, 0.6) is 0 Å². The zero-order chi connectivity index (χ0) is 62.5. The van der Waals surface area contributed by atoms with Crippen molar-refractivity contribution in [3.63, 3.8) is 0 Å². The van der Waals surface area contributed by atoms with Crippen LogP contribution in [0.25, 0.3) is 0 Å². The Balaban J connectivity index is 2.38. The first-order chi connectivity index (χ1) is 41.0. The van der Waals surface area contributed by atoms with Crippen LogP contribution in [0.15, 0.2) is 58.7 Å². The van der Waals surface area contributed by atoms with Crippen LogP contribution in [0.4, 0.5) is 4.79 Å². The van der Waals surface area contributed by atoms with Crippen LogP contribution in [-0.2, 0) is 51.7 Å². The number of rotatable bonds is 55. The van der Waals surface area contributed by atoms with Crippen LogP contribution in [0.1, 0.15) is 292 Å². The van der Waals surface area contributed by atoms with Crippen molar-refractivity contribution in [1.82, 2.24) is 10.6 Å². The van der Waals surface area contributed by atoms with E-state index in [2.05, 4.69) is 70.4 Å². The number of nitrogens with one attached hydrogen (secondary N) is 2. The minimum absolute atomic E-state index is 0.0332. The van der Waals surface area contributed by atoms with E-state index in [1.165, 1.54) is 165 Å². The van der Waals surface area contributed by atoms with Crippen molar-refractivity contribution in [2.24, 2.45) is 5.41 Å². The van der Waals surface area contributed by atoms with Crippen molar-refractivity contribution in [3.8, 4) is 0 Å². The predicted octanol–water partition coefficient (Wildman–Crippen LogP) is 18.2. The van der Waals surface area contributed by atoms with Crippen molar-refractivity contribution >= 4 is 37.7 Å². The van der Waals surface area contributed by atoms with Crippen molar-refractivity contribution in [1.29, 1.82) is 0 Å². The molecule has 2 atom stereocenters. The Hall–Kier alpha value is -4.04. The zero-order valence-corrected chi connectivity index (χ0v) is 55.5. The molecule has 1 aliphatic rings. The van der Waals surface area contributed by atoms with Gasteiger partial charge in [-0.15, -0.1) is 0 Å². The van der Waals surface area contributed by atoms with E-state index < -0.39 is 51.1 Å². The highest BCUT2D eigenvalue weighted by Gasteiger charge is 2.28. The summed E-state index contributed by atoms with van der Waals surface area (Å²) in [6.07, 6.45) is 51.0. The maximum Gasteiger partial charge on any atom is 0.472 e. The molecule has 0 aromatic rings. The molecule has 490 valence electrons. The second-order valence-corrected chi connectivity index (χ2v) is 25.7. The minimum Gasteiger partial charge on any atom is -0.462 e. The average molecular weight is 1220 g/mol. The maximum absolute atomic E-state index is 12.9. The van der Waals surface area contributed by atoms with E-state index in [1.54, 1.807) is 0 Å². The van der Waals surface area contributed by atoms with Gasteiger partial charge in [0.1, 0.15) is 19.8 Å². The van der Waals surface area contributed by atoms with Gasteiger partial charge in [0.15, 0.2) is 6.10 Å². The third-order valence-electron chi connectivity index (χ3n) is 15.6. The molecule has 0 heterocycles. The fraction of sp³-hybridized carbons (Fsp3) is 0.783. The molecular formula is C69H121N2O13P. The van der Waals surface area contributed by atoms with E-state index in [1.807, 2.05) is 25.2 Å². The van der Waals surface area contributed by atoms with E-state index in [0.717, 1.165) is 56.1 Å². The van der Waals surface area contributed by atoms with Gasteiger partial charge >= 0.3 is 31.8 Å². The van der Waals surface area contributed by atoms with Gasteiger partial charge < -0.3 is 34.5 Å². The lowest BCUT2D eigenvalue weighted by atomic mass is 9.72. The summed E-state index contributed by atoms with van der Waals surface area (Å²) < 4.78 is 44.4. The summed E-state index contributed by atoms with van der Waals surface area (Å²) in [5, 5.41) is 5.02. The molecule has 0 radical (unpaired) electrons. The lowest BCUT2D eigenvalue weighted by molar-refractivity contribution is -0.161. The smallest absolute Gasteiger partial charge is 0.462 e. The van der Waals surface area contributed by atoms with Crippen LogP contribution in [0.2, 0.25) is 0 Å². The van der Waals surface area contributed by atoms with Gasteiger partial charge in [0, 0.05) is 32.2 Å². The number of alkyl carbamates (subject to hydrolysis) is 1. The van der Waals surface area contributed by atoms with Crippen molar-refractivity contribution in [2.75, 3.05) is 46.1 Å². The zero-order valence-electron chi connectivity index (χ0n) is 54.7.